The van der Waals surface area contributed by atoms with E-state index in [1.54, 1.807) is 20.8 Å². The molecule has 0 saturated carbocycles. The largest absolute Gasteiger partial charge is 0.554 e. The van der Waals surface area contributed by atoms with Crippen LogP contribution in [0.25, 0.3) is 0 Å². The van der Waals surface area contributed by atoms with E-state index in [1.807, 2.05) is 0 Å². The summed E-state index contributed by atoms with van der Waals surface area (Å²) in [6.45, 7) is 5.02. The molecular formula is C6H12ClNO3P+. The van der Waals surface area contributed by atoms with Gasteiger partial charge in [-0.05, 0) is 25.3 Å². The molecule has 0 fully saturated rings. The van der Waals surface area contributed by atoms with E-state index in [2.05, 4.69) is 5.09 Å². The van der Waals surface area contributed by atoms with Crippen molar-refractivity contribution in [3.05, 3.63) is 0 Å². The van der Waals surface area contributed by atoms with E-state index >= 15 is 0 Å². The lowest BCUT2D eigenvalue weighted by Crippen LogP contribution is -2.31. The highest BCUT2D eigenvalue weighted by molar-refractivity contribution is 7.72. The molecule has 4 nitrogen and oxygen atoms in total. The minimum atomic E-state index is -2.03. The molecule has 0 saturated heterocycles. The molecule has 2 unspecified atom stereocenters. The normalized spacial score (nSPS) is 14.2. The summed E-state index contributed by atoms with van der Waals surface area (Å²) < 4.78 is 15.3. The summed E-state index contributed by atoms with van der Waals surface area (Å²) in [6.07, 6.45) is -0.171. The third-order valence-corrected chi connectivity index (χ3v) is 1.88. The molecular weight excluding hydrogens is 200 g/mol. The molecule has 0 bridgehead atoms. The Morgan fingerprint density at radius 2 is 2.00 bits per heavy atom. The van der Waals surface area contributed by atoms with Crippen molar-refractivity contribution in [2.45, 2.75) is 32.9 Å². The Morgan fingerprint density at radius 3 is 2.33 bits per heavy atom. The van der Waals surface area contributed by atoms with Gasteiger partial charge in [0.1, 0.15) is 6.04 Å². The van der Waals surface area contributed by atoms with Gasteiger partial charge in [0.2, 0.25) is 11.2 Å². The van der Waals surface area contributed by atoms with Crippen LogP contribution in [0.5, 0.6) is 0 Å². The Bertz CT molecular complexity index is 186. The lowest BCUT2D eigenvalue weighted by Gasteiger charge is -2.09. The second-order valence-corrected chi connectivity index (χ2v) is 4.25. The highest BCUT2D eigenvalue weighted by atomic mass is 35.7. The van der Waals surface area contributed by atoms with Gasteiger partial charge in [-0.15, -0.1) is 0 Å². The van der Waals surface area contributed by atoms with Crippen LogP contribution in [0, 0.1) is 0 Å². The first-order valence-electron chi connectivity index (χ1n) is 3.53. The molecule has 0 spiro atoms. The monoisotopic (exact) mass is 212 g/mol. The van der Waals surface area contributed by atoms with Crippen LogP contribution in [0.3, 0.4) is 0 Å². The Kier molecular flexibility index (Phi) is 5.38. The van der Waals surface area contributed by atoms with Crippen LogP contribution in [0.2, 0.25) is 0 Å². The first-order chi connectivity index (χ1) is 5.43. The predicted molar refractivity (Wildman–Crippen MR) is 47.3 cm³/mol. The Morgan fingerprint density at radius 1 is 1.50 bits per heavy atom. The van der Waals surface area contributed by atoms with Gasteiger partial charge in [0, 0.05) is 0 Å². The minimum Gasteiger partial charge on any atom is -0.462 e. The molecule has 6 heteroatoms. The van der Waals surface area contributed by atoms with Crippen molar-refractivity contribution in [3.63, 3.8) is 0 Å². The van der Waals surface area contributed by atoms with Crippen LogP contribution in [-0.2, 0) is 14.1 Å². The van der Waals surface area contributed by atoms with Crippen LogP contribution in [0.15, 0.2) is 0 Å². The lowest BCUT2D eigenvalue weighted by atomic mass is 10.4. The molecule has 70 valence electrons. The van der Waals surface area contributed by atoms with Gasteiger partial charge in [0.25, 0.3) is 0 Å². The molecule has 0 aliphatic rings. The number of esters is 1. The Labute approximate surface area is 77.2 Å². The predicted octanol–water partition coefficient (Wildman–Crippen LogP) is 1.81. The number of rotatable bonds is 4. The highest BCUT2D eigenvalue weighted by Gasteiger charge is 2.24. The fraction of sp³-hybridized carbons (Fsp3) is 0.833. The first kappa shape index (κ1) is 11.8. The fourth-order valence-electron chi connectivity index (χ4n) is 0.539. The molecule has 0 rings (SSSR count). The topological polar surface area (TPSA) is 55.4 Å². The van der Waals surface area contributed by atoms with Gasteiger partial charge in [0.05, 0.1) is 6.10 Å². The van der Waals surface area contributed by atoms with Crippen molar-refractivity contribution in [2.24, 2.45) is 0 Å². The zero-order valence-electron chi connectivity index (χ0n) is 7.20. The second kappa shape index (κ2) is 5.46. The third kappa shape index (κ3) is 5.47. The van der Waals surface area contributed by atoms with E-state index in [0.717, 1.165) is 0 Å². The smallest absolute Gasteiger partial charge is 0.462 e. The number of carbonyl (C=O) groups is 1. The minimum absolute atomic E-state index is 0.171. The second-order valence-electron chi connectivity index (χ2n) is 2.58. The van der Waals surface area contributed by atoms with E-state index in [4.69, 9.17) is 16.0 Å². The zero-order chi connectivity index (χ0) is 9.72. The Hall–Kier alpha value is -0.180. The molecule has 0 amide bonds. The number of ether oxygens (including phenoxy) is 1. The Balaban J connectivity index is 3.85. The van der Waals surface area contributed by atoms with Gasteiger partial charge in [-0.3, -0.25) is 4.79 Å². The van der Waals surface area contributed by atoms with Crippen molar-refractivity contribution < 1.29 is 14.1 Å². The molecule has 0 radical (unpaired) electrons. The van der Waals surface area contributed by atoms with Crippen molar-refractivity contribution in [3.8, 4) is 0 Å². The average Bonchev–Trinajstić information content (AvgIpc) is 1.84. The molecule has 12 heavy (non-hydrogen) atoms. The van der Waals surface area contributed by atoms with Crippen LogP contribution < -0.4 is 5.09 Å². The van der Waals surface area contributed by atoms with E-state index in [0.29, 0.717) is 0 Å². The van der Waals surface area contributed by atoms with E-state index in [1.165, 1.54) is 0 Å². The fourth-order valence-corrected chi connectivity index (χ4v) is 1.39. The average molecular weight is 213 g/mol. The van der Waals surface area contributed by atoms with Gasteiger partial charge >= 0.3 is 13.3 Å². The van der Waals surface area contributed by atoms with Crippen LogP contribution >= 0.6 is 18.5 Å². The summed E-state index contributed by atoms with van der Waals surface area (Å²) in [5.41, 5.74) is 0. The molecule has 0 aliphatic heterocycles. The summed E-state index contributed by atoms with van der Waals surface area (Å²) in [6, 6.07) is -0.631. The first-order valence-corrected chi connectivity index (χ1v) is 5.69. The molecule has 0 aromatic carbocycles. The van der Waals surface area contributed by atoms with E-state index in [9.17, 15) is 9.36 Å². The summed E-state index contributed by atoms with van der Waals surface area (Å²) >= 11 is 5.14. The molecule has 2 atom stereocenters. The lowest BCUT2D eigenvalue weighted by molar-refractivity contribution is -0.148. The van der Waals surface area contributed by atoms with Crippen LogP contribution in [0.4, 0.5) is 0 Å². The highest BCUT2D eigenvalue weighted by Crippen LogP contribution is 2.21. The third-order valence-electron chi connectivity index (χ3n) is 1.00. The molecule has 1 N–H and O–H groups in total. The quantitative estimate of drug-likeness (QED) is 0.570. The van der Waals surface area contributed by atoms with Gasteiger partial charge < -0.3 is 4.74 Å². The number of halogens is 1. The van der Waals surface area contributed by atoms with Crippen molar-refractivity contribution in [1.82, 2.24) is 5.09 Å². The summed E-state index contributed by atoms with van der Waals surface area (Å²) in [5, 5.41) is 2.35. The number of nitrogens with one attached hydrogen (secondary N) is 1. The van der Waals surface area contributed by atoms with Gasteiger partial charge in [-0.25, -0.2) is 0 Å². The van der Waals surface area contributed by atoms with E-state index < -0.39 is 19.3 Å². The molecule has 0 aromatic heterocycles. The molecule has 0 aliphatic carbocycles. The standard InChI is InChI=1S/C6H12ClNO3P/c1-4(2)11-6(9)5(3)8-12(7)10/h4-5H,1-3H3,(H,8,10)/q+1. The number of hydrogen-bond donors (Lipinski definition) is 1. The molecule has 0 heterocycles. The van der Waals surface area contributed by atoms with E-state index in [-0.39, 0.29) is 6.10 Å². The van der Waals surface area contributed by atoms with Gasteiger partial charge in [-0.1, -0.05) is 5.09 Å². The van der Waals surface area contributed by atoms with Crippen molar-refractivity contribution >= 4 is 24.5 Å². The van der Waals surface area contributed by atoms with Crippen LogP contribution in [-0.4, -0.2) is 18.1 Å². The van der Waals surface area contributed by atoms with Gasteiger partial charge in [0.15, 0.2) is 0 Å². The maximum atomic E-state index is 11.0. The number of hydrogen-bond acceptors (Lipinski definition) is 3. The summed E-state index contributed by atoms with van der Waals surface area (Å²) in [7, 11) is -2.03. The number of carbonyl (C=O) groups excluding carboxylic acids is 1. The van der Waals surface area contributed by atoms with Crippen molar-refractivity contribution in [2.75, 3.05) is 0 Å². The van der Waals surface area contributed by atoms with Gasteiger partial charge in [-0.2, -0.15) is 0 Å². The maximum absolute atomic E-state index is 11.0. The van der Waals surface area contributed by atoms with Crippen LogP contribution in [0.1, 0.15) is 20.8 Å². The zero-order valence-corrected chi connectivity index (χ0v) is 8.85. The maximum Gasteiger partial charge on any atom is 0.554 e. The van der Waals surface area contributed by atoms with Crippen molar-refractivity contribution in [1.29, 1.82) is 0 Å². The SMILES string of the molecule is CC(C)OC(=O)C(C)N[P+](=O)Cl. The summed E-state index contributed by atoms with van der Waals surface area (Å²) in [4.78, 5) is 11.0. The molecule has 0 aromatic rings. The summed E-state index contributed by atoms with van der Waals surface area (Å²) in [5.74, 6) is -0.450.